The molecule has 0 fully saturated rings. The topological polar surface area (TPSA) is 207 Å². The molecule has 0 saturated carbocycles. The number of hydrogen-bond acceptors (Lipinski definition) is 8. The molecule has 14 heteroatoms. The second-order valence-corrected chi connectivity index (χ2v) is 12.4. The molecule has 2 aliphatic heterocycles. The Balaban J connectivity index is 1.22. The Morgan fingerprint density at radius 3 is 1.12 bits per heavy atom. The lowest BCUT2D eigenvalue weighted by Gasteiger charge is -2.33. The minimum Gasteiger partial charge on any atom is -0.480 e. The molecule has 14 nitrogen and oxygen atoms in total. The number of hydrogen-bond donors (Lipinski definition) is 4. The number of carboxylic acid groups (broad SMARTS) is 2. The number of fused-ring (bicyclic) bond motifs is 2. The molecule has 4 N–H and O–H groups in total. The van der Waals surface area contributed by atoms with Gasteiger partial charge >= 0.3 is 11.9 Å². The van der Waals surface area contributed by atoms with Gasteiger partial charge in [-0.3, -0.25) is 29.0 Å². The Morgan fingerprint density at radius 1 is 0.540 bits per heavy atom. The maximum absolute atomic E-state index is 14.0. The molecule has 0 saturated heterocycles. The Labute approximate surface area is 279 Å². The summed E-state index contributed by atoms with van der Waals surface area (Å²) in [5, 5.41) is 24.8. The van der Waals surface area contributed by atoms with Gasteiger partial charge in [0.15, 0.2) is 0 Å². The van der Waals surface area contributed by atoms with Gasteiger partial charge in [-0.2, -0.15) is 0 Å². The second kappa shape index (κ2) is 10.3. The quantitative estimate of drug-likeness (QED) is 0.105. The fourth-order valence-electron chi connectivity index (χ4n) is 7.66. The van der Waals surface area contributed by atoms with E-state index in [1.165, 1.54) is 25.0 Å². The average Bonchev–Trinajstić information content (AvgIpc) is 3.83. The molecule has 2 atom stereocenters. The Kier molecular flexibility index (Phi) is 6.00. The summed E-state index contributed by atoms with van der Waals surface area (Å²) in [4.78, 5) is 95.8. The van der Waals surface area contributed by atoms with Gasteiger partial charge in [0.25, 0.3) is 23.6 Å². The van der Waals surface area contributed by atoms with Crippen molar-refractivity contribution in [2.75, 3.05) is 0 Å². The number of carbonyl (C=O) groups is 6. The van der Waals surface area contributed by atoms with Gasteiger partial charge < -0.3 is 20.2 Å². The van der Waals surface area contributed by atoms with Gasteiger partial charge in [0.1, 0.15) is 12.1 Å². The molecule has 2 aliphatic rings. The average molecular weight is 667 g/mol. The normalized spacial score (nSPS) is 15.6. The third-order valence-electron chi connectivity index (χ3n) is 9.83. The van der Waals surface area contributed by atoms with Crippen molar-refractivity contribution in [3.05, 3.63) is 107 Å². The number of aromatic nitrogens is 4. The maximum Gasteiger partial charge on any atom is 0.327 e. The second-order valence-electron chi connectivity index (χ2n) is 12.4. The monoisotopic (exact) mass is 666 g/mol. The highest BCUT2D eigenvalue weighted by atomic mass is 16.4. The van der Waals surface area contributed by atoms with E-state index in [0.717, 1.165) is 9.80 Å². The van der Waals surface area contributed by atoms with Crippen molar-refractivity contribution >= 4 is 78.7 Å². The molecular weight excluding hydrogens is 644 g/mol. The van der Waals surface area contributed by atoms with Crippen molar-refractivity contribution < 1.29 is 39.0 Å². The summed E-state index contributed by atoms with van der Waals surface area (Å²) in [6.45, 7) is 0. The van der Waals surface area contributed by atoms with E-state index in [9.17, 15) is 39.0 Å². The SMILES string of the molecule is O=C(O)C(Cc1cnc[nH]1)N1C(=O)c2ccc3c4ccc5c6c(ccc(c7ccc(c2c37)C1=O)c64)C(=O)N(C(Cc1cnc[nH]1)C(=O)O)C5=O. The summed E-state index contributed by atoms with van der Waals surface area (Å²) < 4.78 is 0. The van der Waals surface area contributed by atoms with Crippen LogP contribution in [0.2, 0.25) is 0 Å². The van der Waals surface area contributed by atoms with Crippen LogP contribution in [0.4, 0.5) is 0 Å². The third-order valence-corrected chi connectivity index (χ3v) is 9.83. The van der Waals surface area contributed by atoms with Crippen LogP contribution in [0.3, 0.4) is 0 Å². The molecule has 50 heavy (non-hydrogen) atoms. The lowest BCUT2D eigenvalue weighted by atomic mass is 9.82. The molecule has 4 amide bonds. The number of H-pyrrole nitrogens is 2. The van der Waals surface area contributed by atoms with Crippen molar-refractivity contribution in [3.8, 4) is 0 Å². The predicted molar refractivity (Wildman–Crippen MR) is 176 cm³/mol. The maximum atomic E-state index is 14.0. The van der Waals surface area contributed by atoms with E-state index in [1.54, 1.807) is 48.5 Å². The van der Waals surface area contributed by atoms with Crippen molar-refractivity contribution in [1.82, 2.24) is 29.7 Å². The van der Waals surface area contributed by atoms with E-state index in [-0.39, 0.29) is 35.1 Å². The lowest BCUT2D eigenvalue weighted by Crippen LogP contribution is -2.51. The number of aromatic amines is 2. The number of imidazole rings is 2. The van der Waals surface area contributed by atoms with E-state index in [4.69, 9.17) is 0 Å². The molecule has 4 heterocycles. The highest BCUT2D eigenvalue weighted by molar-refractivity contribution is 6.41. The van der Waals surface area contributed by atoms with Crippen LogP contribution in [-0.2, 0) is 22.4 Å². The van der Waals surface area contributed by atoms with Gasteiger partial charge in [-0.25, -0.2) is 19.6 Å². The summed E-state index contributed by atoms with van der Waals surface area (Å²) in [5.41, 5.74) is 1.57. The first-order chi connectivity index (χ1) is 24.2. The number of benzene rings is 5. The molecule has 5 aromatic carbocycles. The van der Waals surface area contributed by atoms with Gasteiger partial charge in [0, 0.05) is 69.6 Å². The molecule has 0 bridgehead atoms. The zero-order valence-corrected chi connectivity index (χ0v) is 25.6. The molecule has 0 radical (unpaired) electrons. The largest absolute Gasteiger partial charge is 0.480 e. The standard InChI is InChI=1S/C36H22N6O8/c43-31-21-5-1-17-18-2-6-23-30-24(34(46)42(33(23)45)26(36(49)50)10-16-12-38-14-40-16)8-4-20(28(18)30)19-3-7-22(29(21)27(17)19)32(44)41(31)25(35(47)48)9-15-11-37-13-39-15/h1-8,11-14,25-26H,9-10H2,(H,37,39)(H,38,40)(H,47,48)(H,49,50). The van der Waals surface area contributed by atoms with E-state index in [1.807, 2.05) is 0 Å². The van der Waals surface area contributed by atoms with Gasteiger partial charge in [-0.05, 0) is 56.6 Å². The minimum absolute atomic E-state index is 0.160. The van der Waals surface area contributed by atoms with Crippen LogP contribution < -0.4 is 0 Å². The van der Waals surface area contributed by atoms with Gasteiger partial charge in [-0.1, -0.05) is 24.3 Å². The van der Waals surface area contributed by atoms with Crippen molar-refractivity contribution in [2.45, 2.75) is 24.9 Å². The molecule has 0 spiro atoms. The van der Waals surface area contributed by atoms with Crippen LogP contribution in [0.1, 0.15) is 52.8 Å². The first kappa shape index (κ1) is 29.2. The number of carbonyl (C=O) groups excluding carboxylic acids is 4. The third kappa shape index (κ3) is 3.83. The number of amides is 4. The van der Waals surface area contributed by atoms with Gasteiger partial charge in [-0.15, -0.1) is 0 Å². The van der Waals surface area contributed by atoms with Crippen LogP contribution in [0.5, 0.6) is 0 Å². The molecule has 7 aromatic rings. The smallest absolute Gasteiger partial charge is 0.327 e. The highest BCUT2D eigenvalue weighted by Gasteiger charge is 2.43. The molecule has 244 valence electrons. The first-order valence-corrected chi connectivity index (χ1v) is 15.5. The zero-order valence-electron chi connectivity index (χ0n) is 25.6. The van der Waals surface area contributed by atoms with E-state index in [2.05, 4.69) is 19.9 Å². The van der Waals surface area contributed by atoms with Crippen LogP contribution in [0.15, 0.2) is 73.6 Å². The molecule has 2 aromatic heterocycles. The number of aliphatic carboxylic acids is 2. The van der Waals surface area contributed by atoms with Crippen LogP contribution in [0, 0.1) is 0 Å². The van der Waals surface area contributed by atoms with E-state index < -0.39 is 47.7 Å². The number of nitrogens with one attached hydrogen (secondary N) is 2. The number of nitrogens with zero attached hydrogens (tertiary/aromatic N) is 4. The van der Waals surface area contributed by atoms with Crippen LogP contribution in [0.25, 0.3) is 43.1 Å². The lowest BCUT2D eigenvalue weighted by molar-refractivity contribution is -0.142. The molecule has 0 aliphatic carbocycles. The fourth-order valence-corrected chi connectivity index (χ4v) is 7.66. The van der Waals surface area contributed by atoms with E-state index in [0.29, 0.717) is 54.5 Å². The van der Waals surface area contributed by atoms with Gasteiger partial charge in [0.05, 0.1) is 12.7 Å². The minimum atomic E-state index is -1.49. The van der Waals surface area contributed by atoms with Crippen LogP contribution >= 0.6 is 0 Å². The summed E-state index contributed by atoms with van der Waals surface area (Å²) in [7, 11) is 0. The highest BCUT2D eigenvalue weighted by Crippen LogP contribution is 2.46. The Hall–Kier alpha value is -6.96. The first-order valence-electron chi connectivity index (χ1n) is 15.5. The van der Waals surface area contributed by atoms with Crippen molar-refractivity contribution in [3.63, 3.8) is 0 Å². The molecule has 2 unspecified atom stereocenters. The van der Waals surface area contributed by atoms with Crippen molar-refractivity contribution in [2.24, 2.45) is 0 Å². The predicted octanol–water partition coefficient (Wildman–Crippen LogP) is 3.77. The summed E-state index contributed by atoms with van der Waals surface area (Å²) in [6, 6.07) is 10.2. The van der Waals surface area contributed by atoms with Gasteiger partial charge in [0.2, 0.25) is 0 Å². The Morgan fingerprint density at radius 2 is 0.860 bits per heavy atom. The number of carboxylic acids is 2. The van der Waals surface area contributed by atoms with Crippen molar-refractivity contribution in [1.29, 1.82) is 0 Å². The summed E-state index contributed by atoms with van der Waals surface area (Å²) in [5.74, 6) is -5.66. The zero-order chi connectivity index (χ0) is 34.6. The molecular formula is C36H22N6O8. The summed E-state index contributed by atoms with van der Waals surface area (Å²) >= 11 is 0. The Bertz CT molecular complexity index is 2360. The number of imide groups is 2. The fraction of sp³-hybridized carbons (Fsp3) is 0.111. The number of rotatable bonds is 8. The summed E-state index contributed by atoms with van der Waals surface area (Å²) in [6.07, 6.45) is 5.32. The van der Waals surface area contributed by atoms with E-state index >= 15 is 0 Å². The molecule has 9 rings (SSSR count). The van der Waals surface area contributed by atoms with Crippen LogP contribution in [-0.4, -0.2) is 87.6 Å².